The lowest BCUT2D eigenvalue weighted by Gasteiger charge is -2.18. The van der Waals surface area contributed by atoms with Crippen LogP contribution in [0.3, 0.4) is 0 Å². The third-order valence-corrected chi connectivity index (χ3v) is 6.83. The first-order valence-corrected chi connectivity index (χ1v) is 11.6. The molecule has 32 heavy (non-hydrogen) atoms. The molecule has 2 fully saturated rings. The van der Waals surface area contributed by atoms with Crippen LogP contribution in [0, 0.1) is 5.82 Å². The number of ether oxygens (including phenoxy) is 1. The van der Waals surface area contributed by atoms with Crippen LogP contribution in [0.5, 0.6) is 0 Å². The van der Waals surface area contributed by atoms with E-state index >= 15 is 0 Å². The fraction of sp³-hybridized carbons (Fsp3) is 0.208. The van der Waals surface area contributed by atoms with Crippen LogP contribution in [0.2, 0.25) is 0 Å². The predicted molar refractivity (Wildman–Crippen MR) is 128 cm³/mol. The van der Waals surface area contributed by atoms with Gasteiger partial charge in [-0.2, -0.15) is 5.10 Å². The quantitative estimate of drug-likeness (QED) is 0.389. The van der Waals surface area contributed by atoms with Gasteiger partial charge >= 0.3 is 0 Å². The number of hydrogen-bond donors (Lipinski definition) is 0. The highest BCUT2D eigenvalue weighted by Crippen LogP contribution is 2.35. The van der Waals surface area contributed by atoms with E-state index in [2.05, 4.69) is 0 Å². The first-order chi connectivity index (χ1) is 15.6. The molecule has 0 aliphatic carbocycles. The maximum absolute atomic E-state index is 13.5. The molecule has 1 amide bonds. The zero-order valence-corrected chi connectivity index (χ0v) is 18.7. The van der Waals surface area contributed by atoms with Gasteiger partial charge in [-0.25, -0.2) is 9.07 Å². The molecule has 0 radical (unpaired) electrons. The summed E-state index contributed by atoms with van der Waals surface area (Å²) in [7, 11) is 0. The maximum atomic E-state index is 13.5. The van der Waals surface area contributed by atoms with Crippen LogP contribution in [0.1, 0.15) is 18.4 Å². The molecule has 2 aliphatic heterocycles. The Morgan fingerprint density at radius 3 is 2.69 bits per heavy atom. The van der Waals surface area contributed by atoms with Gasteiger partial charge in [0.1, 0.15) is 10.1 Å². The molecule has 1 aromatic heterocycles. The van der Waals surface area contributed by atoms with Crippen molar-refractivity contribution < 1.29 is 13.9 Å². The predicted octanol–water partition coefficient (Wildman–Crippen LogP) is 5.06. The number of carbonyl (C=O) groups excluding carboxylic acids is 1. The lowest BCUT2D eigenvalue weighted by Crippen LogP contribution is -2.35. The zero-order chi connectivity index (χ0) is 22.1. The van der Waals surface area contributed by atoms with Gasteiger partial charge in [0.15, 0.2) is 0 Å². The fourth-order valence-corrected chi connectivity index (χ4v) is 5.09. The average molecular weight is 466 g/mol. The molecule has 0 N–H and O–H groups in total. The maximum Gasteiger partial charge on any atom is 0.266 e. The summed E-state index contributed by atoms with van der Waals surface area (Å²) in [4.78, 5) is 15.3. The molecule has 0 spiro atoms. The second-order valence-corrected chi connectivity index (χ2v) is 9.32. The van der Waals surface area contributed by atoms with E-state index < -0.39 is 0 Å². The minimum Gasteiger partial charge on any atom is -0.376 e. The van der Waals surface area contributed by atoms with Crippen molar-refractivity contribution >= 4 is 40.3 Å². The number of hydrogen-bond acceptors (Lipinski definition) is 5. The van der Waals surface area contributed by atoms with E-state index in [1.165, 1.54) is 23.9 Å². The van der Waals surface area contributed by atoms with E-state index in [0.717, 1.165) is 36.3 Å². The number of thiocarbonyl (C=S) groups is 1. The number of benzene rings is 2. The molecule has 0 unspecified atom stereocenters. The molecule has 162 valence electrons. The third-order valence-electron chi connectivity index (χ3n) is 5.45. The highest BCUT2D eigenvalue weighted by molar-refractivity contribution is 8.26. The molecule has 1 atom stereocenters. The van der Waals surface area contributed by atoms with E-state index in [9.17, 15) is 9.18 Å². The van der Waals surface area contributed by atoms with Gasteiger partial charge in [0.2, 0.25) is 0 Å². The van der Waals surface area contributed by atoms with Gasteiger partial charge in [-0.15, -0.1) is 0 Å². The number of halogens is 1. The van der Waals surface area contributed by atoms with Gasteiger partial charge in [-0.3, -0.25) is 9.69 Å². The number of para-hydroxylation sites is 1. The van der Waals surface area contributed by atoms with Crippen molar-refractivity contribution in [3.05, 3.63) is 77.1 Å². The summed E-state index contributed by atoms with van der Waals surface area (Å²) in [5.74, 6) is -0.430. The third kappa shape index (κ3) is 4.26. The second kappa shape index (κ2) is 8.97. The minimum absolute atomic E-state index is 0.0347. The van der Waals surface area contributed by atoms with Crippen molar-refractivity contribution in [3.8, 4) is 16.9 Å². The van der Waals surface area contributed by atoms with Crippen molar-refractivity contribution in [3.63, 3.8) is 0 Å². The summed E-state index contributed by atoms with van der Waals surface area (Å²) >= 11 is 6.76. The Morgan fingerprint density at radius 1 is 1.19 bits per heavy atom. The summed E-state index contributed by atoms with van der Waals surface area (Å²) in [5, 5.41) is 4.73. The smallest absolute Gasteiger partial charge is 0.266 e. The lowest BCUT2D eigenvalue weighted by atomic mass is 10.1. The molecule has 5 rings (SSSR count). The number of amides is 1. The fourth-order valence-electron chi connectivity index (χ4n) is 3.83. The minimum atomic E-state index is -0.312. The first kappa shape index (κ1) is 21.1. The molecule has 3 aromatic rings. The summed E-state index contributed by atoms with van der Waals surface area (Å²) in [6, 6.07) is 15.9. The molecule has 2 aliphatic rings. The summed E-state index contributed by atoms with van der Waals surface area (Å²) in [6.45, 7) is 1.21. The molecule has 5 nitrogen and oxygen atoms in total. The molecular weight excluding hydrogens is 445 g/mol. The summed E-state index contributed by atoms with van der Waals surface area (Å²) in [5.41, 5.74) is 3.08. The van der Waals surface area contributed by atoms with Crippen LogP contribution in [0.4, 0.5) is 4.39 Å². The Bertz CT molecular complexity index is 1190. The van der Waals surface area contributed by atoms with E-state index in [1.54, 1.807) is 21.7 Å². The number of thioether (sulfide) groups is 1. The van der Waals surface area contributed by atoms with E-state index in [0.29, 0.717) is 21.5 Å². The Labute approximate surface area is 194 Å². The van der Waals surface area contributed by atoms with Crippen LogP contribution in [-0.4, -0.2) is 44.2 Å². The Hall–Kier alpha value is -2.81. The first-order valence-electron chi connectivity index (χ1n) is 10.4. The monoisotopic (exact) mass is 465 g/mol. The van der Waals surface area contributed by atoms with E-state index in [1.807, 2.05) is 42.6 Å². The van der Waals surface area contributed by atoms with Crippen LogP contribution in [-0.2, 0) is 9.53 Å². The number of carbonyl (C=O) groups is 1. The highest BCUT2D eigenvalue weighted by atomic mass is 32.2. The van der Waals surface area contributed by atoms with Gasteiger partial charge in [0.05, 0.1) is 28.9 Å². The largest absolute Gasteiger partial charge is 0.376 e. The van der Waals surface area contributed by atoms with Gasteiger partial charge in [-0.1, -0.05) is 42.2 Å². The van der Waals surface area contributed by atoms with Crippen LogP contribution in [0.15, 0.2) is 65.7 Å². The Balaban J connectivity index is 1.51. The summed E-state index contributed by atoms with van der Waals surface area (Å²) < 4.78 is 21.5. The molecular formula is C24H20FN3O2S2. The lowest BCUT2D eigenvalue weighted by molar-refractivity contribution is -0.123. The molecule has 0 bridgehead atoms. The van der Waals surface area contributed by atoms with E-state index in [-0.39, 0.29) is 17.8 Å². The molecule has 3 heterocycles. The van der Waals surface area contributed by atoms with Crippen molar-refractivity contribution in [1.29, 1.82) is 0 Å². The topological polar surface area (TPSA) is 47.4 Å². The zero-order valence-electron chi connectivity index (χ0n) is 17.1. The average Bonchev–Trinajstić information content (AvgIpc) is 3.53. The number of nitrogens with zero attached hydrogens (tertiary/aromatic N) is 3. The second-order valence-electron chi connectivity index (χ2n) is 7.65. The van der Waals surface area contributed by atoms with Gasteiger partial charge in [0.25, 0.3) is 5.91 Å². The molecule has 8 heteroatoms. The van der Waals surface area contributed by atoms with Crippen molar-refractivity contribution in [1.82, 2.24) is 14.7 Å². The van der Waals surface area contributed by atoms with Gasteiger partial charge in [-0.05, 0) is 55.3 Å². The SMILES string of the molecule is O=C1/C(=C/c2cn(-c3ccccc3)nc2-c2ccc(F)cc2)SC(=S)N1C[C@@H]1CCCO1. The van der Waals surface area contributed by atoms with Crippen LogP contribution in [0.25, 0.3) is 23.0 Å². The Morgan fingerprint density at radius 2 is 1.97 bits per heavy atom. The Kier molecular flexibility index (Phi) is 5.91. The van der Waals surface area contributed by atoms with Crippen LogP contribution >= 0.6 is 24.0 Å². The normalized spacial score (nSPS) is 20.0. The molecule has 2 saturated heterocycles. The number of rotatable bonds is 5. The van der Waals surface area contributed by atoms with Crippen molar-refractivity contribution in [2.75, 3.05) is 13.2 Å². The highest BCUT2D eigenvalue weighted by Gasteiger charge is 2.35. The van der Waals surface area contributed by atoms with Crippen molar-refractivity contribution in [2.45, 2.75) is 18.9 Å². The van der Waals surface area contributed by atoms with Crippen LogP contribution < -0.4 is 0 Å². The number of aromatic nitrogens is 2. The standard InChI is InChI=1S/C24H20FN3O2S2/c25-18-10-8-16(9-11-18)22-17(14-28(26-22)19-5-2-1-3-6-19)13-21-23(29)27(24(31)32-21)15-20-7-4-12-30-20/h1-3,5-6,8-11,13-14,20H,4,7,12,15H2/b21-13-/t20-/m0/s1. The molecule has 0 saturated carbocycles. The van der Waals surface area contributed by atoms with Gasteiger partial charge < -0.3 is 4.74 Å². The summed E-state index contributed by atoms with van der Waals surface area (Å²) in [6.07, 6.45) is 5.68. The van der Waals surface area contributed by atoms with Crippen molar-refractivity contribution in [2.24, 2.45) is 0 Å². The molecule has 2 aromatic carbocycles. The van der Waals surface area contributed by atoms with E-state index in [4.69, 9.17) is 22.1 Å². The van der Waals surface area contributed by atoms with Gasteiger partial charge in [0, 0.05) is 23.9 Å².